The van der Waals surface area contributed by atoms with E-state index in [1.165, 1.54) is 6.07 Å². The summed E-state index contributed by atoms with van der Waals surface area (Å²) in [6.45, 7) is 6.75. The molecule has 1 amide bonds. The number of ether oxygens (including phenoxy) is 1. The molecule has 130 valence electrons. The van der Waals surface area contributed by atoms with Gasteiger partial charge in [-0.15, -0.1) is 12.4 Å². The van der Waals surface area contributed by atoms with Crippen LogP contribution in [0.5, 0.6) is 5.75 Å². The fourth-order valence-electron chi connectivity index (χ4n) is 3.07. The Morgan fingerprint density at radius 2 is 2.00 bits per heavy atom. The summed E-state index contributed by atoms with van der Waals surface area (Å²) in [7, 11) is 1.58. The minimum absolute atomic E-state index is 0. The molecule has 1 aliphatic rings. The fraction of sp³-hybridized carbons (Fsp3) is 0.588. The normalized spacial score (nSPS) is 16.3. The molecule has 0 saturated heterocycles. The van der Waals surface area contributed by atoms with Crippen LogP contribution in [-0.2, 0) is 6.42 Å². The van der Waals surface area contributed by atoms with Gasteiger partial charge in [0.05, 0.1) is 0 Å². The number of halogens is 2. The molecule has 6 heteroatoms. The number of amides is 1. The predicted octanol–water partition coefficient (Wildman–Crippen LogP) is 3.03. The first-order valence-electron chi connectivity index (χ1n) is 8.02. The van der Waals surface area contributed by atoms with Gasteiger partial charge in [0.2, 0.25) is 0 Å². The van der Waals surface area contributed by atoms with Crippen molar-refractivity contribution in [3.05, 3.63) is 29.1 Å². The van der Waals surface area contributed by atoms with Crippen LogP contribution in [0.25, 0.3) is 0 Å². The van der Waals surface area contributed by atoms with Crippen LogP contribution < -0.4 is 10.1 Å². The summed E-state index contributed by atoms with van der Waals surface area (Å²) in [6, 6.07) is 3.04. The number of nitrogens with zero attached hydrogens (tertiary/aromatic N) is 1. The van der Waals surface area contributed by atoms with Crippen LogP contribution in [0.3, 0.4) is 0 Å². The Kier molecular flexibility index (Phi) is 7.79. The quantitative estimate of drug-likeness (QED) is 0.862. The highest BCUT2D eigenvalue weighted by Gasteiger charge is 2.29. The maximum absolute atomic E-state index is 14.0. The van der Waals surface area contributed by atoms with Gasteiger partial charge in [-0.2, -0.15) is 0 Å². The summed E-state index contributed by atoms with van der Waals surface area (Å²) in [5.74, 6) is -0.345. The molecule has 1 aromatic rings. The zero-order chi connectivity index (χ0) is 16.1. The maximum Gasteiger partial charge on any atom is 0.251 e. The monoisotopic (exact) mass is 344 g/mol. The molecule has 1 aliphatic heterocycles. The van der Waals surface area contributed by atoms with Crippen LogP contribution >= 0.6 is 12.4 Å². The molecule has 1 N–H and O–H groups in total. The van der Waals surface area contributed by atoms with Crippen LogP contribution in [0.2, 0.25) is 0 Å². The third-order valence-corrected chi connectivity index (χ3v) is 4.08. The first-order valence-corrected chi connectivity index (χ1v) is 8.02. The number of hydrogen-bond acceptors (Lipinski definition) is 3. The van der Waals surface area contributed by atoms with E-state index >= 15 is 0 Å². The topological polar surface area (TPSA) is 41.6 Å². The zero-order valence-corrected chi connectivity index (χ0v) is 14.8. The Morgan fingerprint density at radius 1 is 1.35 bits per heavy atom. The Balaban J connectivity index is 0.00000264. The lowest BCUT2D eigenvalue weighted by molar-refractivity contribution is 0.0950. The smallest absolute Gasteiger partial charge is 0.251 e. The molecule has 0 saturated carbocycles. The number of benzene rings is 1. The van der Waals surface area contributed by atoms with Crippen molar-refractivity contribution in [1.82, 2.24) is 10.2 Å². The molecule has 0 fully saturated rings. The summed E-state index contributed by atoms with van der Waals surface area (Å²) < 4.78 is 19.7. The third-order valence-electron chi connectivity index (χ3n) is 4.08. The molecule has 4 nitrogen and oxygen atoms in total. The highest BCUT2D eigenvalue weighted by Crippen LogP contribution is 2.32. The summed E-state index contributed by atoms with van der Waals surface area (Å²) in [4.78, 5) is 14.4. The van der Waals surface area contributed by atoms with Crippen LogP contribution in [0.1, 0.15) is 42.6 Å². The molecule has 0 spiro atoms. The SMILES string of the molecule is CCCN(CCC)C1COc2c(F)ccc(C(=O)NC)c2C1.Cl. The van der Waals surface area contributed by atoms with Gasteiger partial charge in [0.1, 0.15) is 6.61 Å². The lowest BCUT2D eigenvalue weighted by Crippen LogP contribution is -2.44. The van der Waals surface area contributed by atoms with Crippen LogP contribution in [-0.4, -0.2) is 43.6 Å². The van der Waals surface area contributed by atoms with Gasteiger partial charge in [-0.1, -0.05) is 13.8 Å². The van der Waals surface area contributed by atoms with Gasteiger partial charge in [0.25, 0.3) is 5.91 Å². The van der Waals surface area contributed by atoms with E-state index in [4.69, 9.17) is 4.74 Å². The van der Waals surface area contributed by atoms with E-state index in [0.29, 0.717) is 24.2 Å². The highest BCUT2D eigenvalue weighted by atomic mass is 35.5. The molecule has 1 atom stereocenters. The fourth-order valence-corrected chi connectivity index (χ4v) is 3.07. The van der Waals surface area contributed by atoms with Crippen molar-refractivity contribution in [3.8, 4) is 5.75 Å². The number of rotatable bonds is 6. The molecule has 0 aromatic heterocycles. The van der Waals surface area contributed by atoms with Crippen molar-refractivity contribution in [3.63, 3.8) is 0 Å². The molecule has 0 aliphatic carbocycles. The van der Waals surface area contributed by atoms with Crippen molar-refractivity contribution in [2.75, 3.05) is 26.7 Å². The predicted molar refractivity (Wildman–Crippen MR) is 92.2 cm³/mol. The first kappa shape index (κ1) is 19.7. The zero-order valence-electron chi connectivity index (χ0n) is 14.0. The Hall–Kier alpha value is -1.33. The lowest BCUT2D eigenvalue weighted by atomic mass is 9.95. The molecular weight excluding hydrogens is 319 g/mol. The number of fused-ring (bicyclic) bond motifs is 1. The van der Waals surface area contributed by atoms with Crippen LogP contribution in [0, 0.1) is 5.82 Å². The van der Waals surface area contributed by atoms with Gasteiger partial charge >= 0.3 is 0 Å². The van der Waals surface area contributed by atoms with Gasteiger partial charge in [-0.05, 0) is 44.5 Å². The van der Waals surface area contributed by atoms with Gasteiger partial charge < -0.3 is 10.1 Å². The molecule has 23 heavy (non-hydrogen) atoms. The second-order valence-electron chi connectivity index (χ2n) is 5.69. The molecular formula is C17H26ClFN2O2. The largest absolute Gasteiger partial charge is 0.489 e. The van der Waals surface area contributed by atoms with Gasteiger partial charge in [-0.25, -0.2) is 4.39 Å². The Bertz CT molecular complexity index is 534. The highest BCUT2D eigenvalue weighted by molar-refractivity contribution is 5.96. The number of nitrogens with one attached hydrogen (secondary N) is 1. The molecule has 0 radical (unpaired) electrons. The molecule has 1 unspecified atom stereocenters. The molecule has 1 heterocycles. The van der Waals surface area contributed by atoms with Crippen molar-refractivity contribution < 1.29 is 13.9 Å². The molecule has 0 bridgehead atoms. The Labute approximate surface area is 143 Å². The van der Waals surface area contributed by atoms with Crippen molar-refractivity contribution in [2.24, 2.45) is 0 Å². The van der Waals surface area contributed by atoms with Gasteiger partial charge in [-0.3, -0.25) is 9.69 Å². The third kappa shape index (κ3) is 4.36. The van der Waals surface area contributed by atoms with E-state index in [1.54, 1.807) is 13.1 Å². The molecule has 1 aromatic carbocycles. The minimum atomic E-state index is -0.390. The van der Waals surface area contributed by atoms with E-state index in [-0.39, 0.29) is 30.1 Å². The van der Waals surface area contributed by atoms with E-state index < -0.39 is 5.82 Å². The van der Waals surface area contributed by atoms with Crippen LogP contribution in [0.15, 0.2) is 12.1 Å². The van der Waals surface area contributed by atoms with E-state index in [2.05, 4.69) is 24.1 Å². The van der Waals surface area contributed by atoms with E-state index in [1.807, 2.05) is 0 Å². The standard InChI is InChI=1S/C17H25FN2O2.ClH/c1-4-8-20(9-5-2)12-10-14-13(17(21)19-3)6-7-15(18)16(14)22-11-12;/h6-7,12H,4-5,8-11H2,1-3H3,(H,19,21);1H. The first-order chi connectivity index (χ1) is 10.6. The average molecular weight is 345 g/mol. The van der Waals surface area contributed by atoms with Crippen LogP contribution in [0.4, 0.5) is 4.39 Å². The Morgan fingerprint density at radius 3 is 2.57 bits per heavy atom. The van der Waals surface area contributed by atoms with E-state index in [0.717, 1.165) is 25.9 Å². The van der Waals surface area contributed by atoms with E-state index in [9.17, 15) is 9.18 Å². The second-order valence-corrected chi connectivity index (χ2v) is 5.69. The average Bonchev–Trinajstić information content (AvgIpc) is 2.54. The maximum atomic E-state index is 14.0. The number of carbonyl (C=O) groups is 1. The van der Waals surface area contributed by atoms with Gasteiger partial charge in [0.15, 0.2) is 11.6 Å². The van der Waals surface area contributed by atoms with Gasteiger partial charge in [0, 0.05) is 24.2 Å². The summed E-state index contributed by atoms with van der Waals surface area (Å²) >= 11 is 0. The molecule has 2 rings (SSSR count). The number of carbonyl (C=O) groups excluding carboxylic acids is 1. The lowest BCUT2D eigenvalue weighted by Gasteiger charge is -2.35. The summed E-state index contributed by atoms with van der Waals surface area (Å²) in [5, 5.41) is 2.61. The second kappa shape index (κ2) is 9.08. The minimum Gasteiger partial charge on any atom is -0.489 e. The summed E-state index contributed by atoms with van der Waals surface area (Å²) in [6.07, 6.45) is 2.78. The summed E-state index contributed by atoms with van der Waals surface area (Å²) in [5.41, 5.74) is 1.20. The van der Waals surface area contributed by atoms with Crippen molar-refractivity contribution in [2.45, 2.75) is 39.2 Å². The number of hydrogen-bond donors (Lipinski definition) is 1. The van der Waals surface area contributed by atoms with Crippen molar-refractivity contribution >= 4 is 18.3 Å². The van der Waals surface area contributed by atoms with Crippen molar-refractivity contribution in [1.29, 1.82) is 0 Å².